The summed E-state index contributed by atoms with van der Waals surface area (Å²) in [4.78, 5) is 20.8. The summed E-state index contributed by atoms with van der Waals surface area (Å²) in [5, 5.41) is 6.69. The minimum absolute atomic E-state index is 0. The van der Waals surface area contributed by atoms with E-state index in [4.69, 9.17) is 11.6 Å². The van der Waals surface area contributed by atoms with Gasteiger partial charge in [-0.05, 0) is 38.0 Å². The second kappa shape index (κ2) is 12.6. The fourth-order valence-electron chi connectivity index (χ4n) is 3.29. The number of amides is 1. The first-order chi connectivity index (χ1) is 14.4. The molecule has 1 saturated carbocycles. The molecule has 1 aliphatic heterocycles. The van der Waals surface area contributed by atoms with Gasteiger partial charge < -0.3 is 20.3 Å². The van der Waals surface area contributed by atoms with Gasteiger partial charge in [-0.1, -0.05) is 11.6 Å². The Morgan fingerprint density at radius 3 is 2.61 bits per heavy atom. The number of halogens is 4. The molecule has 1 saturated heterocycles. The molecule has 0 aromatic heterocycles. The molecule has 0 atom stereocenters. The number of ether oxygens (including phenoxy) is 1. The molecule has 1 heterocycles. The summed E-state index contributed by atoms with van der Waals surface area (Å²) in [6.07, 6.45) is 2.16. The molecule has 7 nitrogen and oxygen atoms in total. The molecule has 0 unspecified atom stereocenters. The molecule has 2 fully saturated rings. The highest BCUT2D eigenvalue weighted by molar-refractivity contribution is 14.0. The largest absolute Gasteiger partial charge is 0.434 e. The van der Waals surface area contributed by atoms with Gasteiger partial charge in [0.05, 0.1) is 13.1 Å². The summed E-state index contributed by atoms with van der Waals surface area (Å²) in [7, 11) is 0. The van der Waals surface area contributed by atoms with Crippen LogP contribution in [0.3, 0.4) is 0 Å². The molecule has 2 aliphatic rings. The summed E-state index contributed by atoms with van der Waals surface area (Å²) in [6, 6.07) is 4.90. The van der Waals surface area contributed by atoms with Gasteiger partial charge in [0.15, 0.2) is 5.96 Å². The van der Waals surface area contributed by atoms with Gasteiger partial charge in [0.2, 0.25) is 5.91 Å². The highest BCUT2D eigenvalue weighted by Crippen LogP contribution is 2.25. The summed E-state index contributed by atoms with van der Waals surface area (Å²) in [5.74, 6) is 0.849. The van der Waals surface area contributed by atoms with Crippen LogP contribution in [0.1, 0.15) is 25.3 Å². The average Bonchev–Trinajstić information content (AvgIpc) is 3.51. The number of carbonyl (C=O) groups excluding carboxylic acids is 1. The third-order valence-corrected chi connectivity index (χ3v) is 5.19. The second-order valence-electron chi connectivity index (χ2n) is 7.41. The van der Waals surface area contributed by atoms with Crippen molar-refractivity contribution in [1.82, 2.24) is 20.4 Å². The first-order valence-electron chi connectivity index (χ1n) is 10.2. The van der Waals surface area contributed by atoms with Crippen molar-refractivity contribution < 1.29 is 18.3 Å². The number of aliphatic imine (C=N–C) groups is 1. The number of rotatable bonds is 8. The van der Waals surface area contributed by atoms with Crippen molar-refractivity contribution >= 4 is 47.4 Å². The summed E-state index contributed by atoms with van der Waals surface area (Å²) in [6.45, 7) is 3.25. The fraction of sp³-hybridized carbons (Fsp3) is 0.600. The average molecular weight is 572 g/mol. The van der Waals surface area contributed by atoms with Gasteiger partial charge in [-0.15, -0.1) is 24.0 Å². The maximum absolute atomic E-state index is 12.7. The molecule has 1 aliphatic carbocycles. The zero-order valence-corrected chi connectivity index (χ0v) is 20.5. The Kier molecular flexibility index (Phi) is 10.5. The Hall–Kier alpha value is -1.40. The molecule has 1 aromatic carbocycles. The third-order valence-electron chi connectivity index (χ3n) is 4.95. The second-order valence-corrected chi connectivity index (χ2v) is 7.84. The zero-order chi connectivity index (χ0) is 21.5. The van der Waals surface area contributed by atoms with Crippen LogP contribution in [0.25, 0.3) is 0 Å². The van der Waals surface area contributed by atoms with Crippen LogP contribution in [0.5, 0.6) is 5.75 Å². The molecule has 2 N–H and O–H groups in total. The molecule has 11 heteroatoms. The summed E-state index contributed by atoms with van der Waals surface area (Å²) < 4.78 is 29.9. The zero-order valence-electron chi connectivity index (χ0n) is 17.5. The molecule has 0 bridgehead atoms. The number of nitrogens with one attached hydrogen (secondary N) is 2. The first kappa shape index (κ1) is 25.9. The fourth-order valence-corrected chi connectivity index (χ4v) is 3.48. The van der Waals surface area contributed by atoms with E-state index in [1.165, 1.54) is 12.1 Å². The van der Waals surface area contributed by atoms with Crippen molar-refractivity contribution in [2.24, 2.45) is 4.99 Å². The Labute approximate surface area is 203 Å². The van der Waals surface area contributed by atoms with Crippen molar-refractivity contribution in [3.05, 3.63) is 28.8 Å². The minimum atomic E-state index is -2.91. The van der Waals surface area contributed by atoms with E-state index in [2.05, 4.69) is 30.2 Å². The highest BCUT2D eigenvalue weighted by atomic mass is 127. The molecular weight excluding hydrogens is 543 g/mol. The molecule has 174 valence electrons. The number of hydrogen-bond acceptors (Lipinski definition) is 4. The van der Waals surface area contributed by atoms with Crippen LogP contribution in [0.4, 0.5) is 8.78 Å². The Bertz CT molecular complexity index is 759. The van der Waals surface area contributed by atoms with E-state index in [1.807, 2.05) is 6.92 Å². The van der Waals surface area contributed by atoms with Crippen LogP contribution in [0.2, 0.25) is 5.02 Å². The van der Waals surface area contributed by atoms with E-state index >= 15 is 0 Å². The van der Waals surface area contributed by atoms with E-state index < -0.39 is 6.61 Å². The maximum Gasteiger partial charge on any atom is 0.387 e. The molecule has 1 amide bonds. The third kappa shape index (κ3) is 8.57. The van der Waals surface area contributed by atoms with Gasteiger partial charge in [0, 0.05) is 49.4 Å². The summed E-state index contributed by atoms with van der Waals surface area (Å²) in [5.41, 5.74) is 0.494. The monoisotopic (exact) mass is 571 g/mol. The van der Waals surface area contributed by atoms with E-state index in [9.17, 15) is 13.6 Å². The minimum Gasteiger partial charge on any atom is -0.434 e. The molecule has 3 rings (SSSR count). The number of piperazine rings is 1. The first-order valence-corrected chi connectivity index (χ1v) is 10.6. The number of hydrogen-bond donors (Lipinski definition) is 2. The lowest BCUT2D eigenvalue weighted by atomic mass is 10.2. The smallest absolute Gasteiger partial charge is 0.387 e. The van der Waals surface area contributed by atoms with Crippen molar-refractivity contribution in [3.63, 3.8) is 0 Å². The van der Waals surface area contributed by atoms with Crippen molar-refractivity contribution in [2.45, 2.75) is 39.0 Å². The van der Waals surface area contributed by atoms with Crippen LogP contribution < -0.4 is 15.4 Å². The van der Waals surface area contributed by atoms with E-state index in [0.717, 1.165) is 39.0 Å². The van der Waals surface area contributed by atoms with Crippen molar-refractivity contribution in [2.75, 3.05) is 39.3 Å². The predicted molar refractivity (Wildman–Crippen MR) is 127 cm³/mol. The molecule has 0 spiro atoms. The normalized spacial score (nSPS) is 17.3. The number of nitrogens with zero attached hydrogens (tertiary/aromatic N) is 3. The van der Waals surface area contributed by atoms with E-state index in [0.29, 0.717) is 35.7 Å². The standard InChI is InChI=1S/C20H28ClF2N5O2.HI/c1-2-24-20(25-12-14-11-15(21)3-6-17(14)30-19(22)23)28-9-7-27(8-10-28)13-18(29)26-16-4-5-16;/h3,6,11,16,19H,2,4-5,7-10,12-13H2,1H3,(H,24,25)(H,26,29);1H. The van der Waals surface area contributed by atoms with Gasteiger partial charge in [0.25, 0.3) is 0 Å². The predicted octanol–water partition coefficient (Wildman–Crippen LogP) is 2.92. The summed E-state index contributed by atoms with van der Waals surface area (Å²) >= 11 is 6.02. The Morgan fingerprint density at radius 1 is 1.29 bits per heavy atom. The van der Waals surface area contributed by atoms with Crippen LogP contribution in [-0.4, -0.2) is 73.6 Å². The van der Waals surface area contributed by atoms with Gasteiger partial charge in [0.1, 0.15) is 5.75 Å². The molecule has 1 aromatic rings. The maximum atomic E-state index is 12.7. The highest BCUT2D eigenvalue weighted by Gasteiger charge is 2.26. The lowest BCUT2D eigenvalue weighted by Crippen LogP contribution is -2.54. The van der Waals surface area contributed by atoms with Crippen molar-refractivity contribution in [3.8, 4) is 5.75 Å². The lowest BCUT2D eigenvalue weighted by molar-refractivity contribution is -0.122. The van der Waals surface area contributed by atoms with E-state index in [1.54, 1.807) is 6.07 Å². The number of carbonyl (C=O) groups is 1. The molecular formula is C20H29ClF2IN5O2. The number of guanidine groups is 1. The van der Waals surface area contributed by atoms with Crippen LogP contribution in [-0.2, 0) is 11.3 Å². The SMILES string of the molecule is CCNC(=NCc1cc(Cl)ccc1OC(F)F)N1CCN(CC(=O)NC2CC2)CC1.I. The van der Waals surface area contributed by atoms with Crippen LogP contribution in [0.15, 0.2) is 23.2 Å². The van der Waals surface area contributed by atoms with Crippen LogP contribution in [0, 0.1) is 0 Å². The van der Waals surface area contributed by atoms with Crippen molar-refractivity contribution in [1.29, 1.82) is 0 Å². The Balaban J connectivity index is 0.00000341. The number of alkyl halides is 2. The Morgan fingerprint density at radius 2 is 2.00 bits per heavy atom. The molecule has 31 heavy (non-hydrogen) atoms. The van der Waals surface area contributed by atoms with E-state index in [-0.39, 0.29) is 42.2 Å². The van der Waals surface area contributed by atoms with Crippen LogP contribution >= 0.6 is 35.6 Å². The number of benzene rings is 1. The lowest BCUT2D eigenvalue weighted by Gasteiger charge is -2.36. The quantitative estimate of drug-likeness (QED) is 0.285. The topological polar surface area (TPSA) is 69.2 Å². The van der Waals surface area contributed by atoms with Gasteiger partial charge in [-0.25, -0.2) is 4.99 Å². The molecule has 0 radical (unpaired) electrons. The van der Waals surface area contributed by atoms with Gasteiger partial charge >= 0.3 is 6.61 Å². The van der Waals surface area contributed by atoms with Gasteiger partial charge in [-0.2, -0.15) is 8.78 Å². The van der Waals surface area contributed by atoms with Gasteiger partial charge in [-0.3, -0.25) is 9.69 Å².